The average molecular weight is 344 g/mol. The minimum atomic E-state index is 0.131. The standard InChI is InChI=1S/C16H26BrNO2/c1-5-15(18)10-13-9-14(17)8-11(2)16(13)20-12(3)6-7-19-4/h8-9,12,15H,5-7,10,18H2,1-4H3. The van der Waals surface area contributed by atoms with Gasteiger partial charge in [-0.1, -0.05) is 22.9 Å². The van der Waals surface area contributed by atoms with E-state index in [1.54, 1.807) is 7.11 Å². The van der Waals surface area contributed by atoms with Crippen LogP contribution in [-0.2, 0) is 11.2 Å². The molecule has 0 heterocycles. The molecule has 0 aliphatic carbocycles. The third-order valence-electron chi connectivity index (χ3n) is 3.37. The quantitative estimate of drug-likeness (QED) is 0.779. The number of nitrogens with two attached hydrogens (primary N) is 1. The third-order valence-corrected chi connectivity index (χ3v) is 3.83. The molecule has 0 fully saturated rings. The van der Waals surface area contributed by atoms with Crippen molar-refractivity contribution < 1.29 is 9.47 Å². The summed E-state index contributed by atoms with van der Waals surface area (Å²) in [5.74, 6) is 0.973. The van der Waals surface area contributed by atoms with E-state index >= 15 is 0 Å². The minimum absolute atomic E-state index is 0.131. The van der Waals surface area contributed by atoms with E-state index in [-0.39, 0.29) is 12.1 Å². The molecule has 0 saturated carbocycles. The number of hydrogen-bond donors (Lipinski definition) is 1. The molecule has 0 spiro atoms. The number of benzene rings is 1. The molecule has 2 N–H and O–H groups in total. The number of aryl methyl sites for hydroxylation is 1. The Labute approximate surface area is 131 Å². The predicted octanol–water partition coefficient (Wildman–Crippen LogP) is 3.84. The fourth-order valence-corrected chi connectivity index (χ4v) is 2.71. The summed E-state index contributed by atoms with van der Waals surface area (Å²) in [6.45, 7) is 6.96. The number of hydrogen-bond acceptors (Lipinski definition) is 3. The van der Waals surface area contributed by atoms with Crippen LogP contribution in [-0.4, -0.2) is 25.9 Å². The van der Waals surface area contributed by atoms with Crippen LogP contribution in [0.1, 0.15) is 37.8 Å². The highest BCUT2D eigenvalue weighted by Gasteiger charge is 2.14. The second-order valence-corrected chi connectivity index (χ2v) is 6.21. The number of ether oxygens (including phenoxy) is 2. The second kappa shape index (κ2) is 8.65. The lowest BCUT2D eigenvalue weighted by atomic mass is 10.0. The van der Waals surface area contributed by atoms with Gasteiger partial charge in [0.1, 0.15) is 5.75 Å². The molecule has 0 aliphatic rings. The summed E-state index contributed by atoms with van der Waals surface area (Å²) in [5, 5.41) is 0. The van der Waals surface area contributed by atoms with Crippen molar-refractivity contribution in [3.8, 4) is 5.75 Å². The van der Waals surface area contributed by atoms with Gasteiger partial charge in [0, 0.05) is 30.7 Å². The Bertz CT molecular complexity index is 423. The van der Waals surface area contributed by atoms with Crippen molar-refractivity contribution in [2.45, 2.75) is 52.2 Å². The maximum Gasteiger partial charge on any atom is 0.125 e. The molecule has 0 bridgehead atoms. The van der Waals surface area contributed by atoms with Gasteiger partial charge in [-0.15, -0.1) is 0 Å². The molecule has 3 nitrogen and oxygen atoms in total. The smallest absolute Gasteiger partial charge is 0.125 e. The van der Waals surface area contributed by atoms with E-state index in [2.05, 4.69) is 48.8 Å². The molecule has 4 heteroatoms. The minimum Gasteiger partial charge on any atom is -0.490 e. The van der Waals surface area contributed by atoms with Crippen LogP contribution in [0.3, 0.4) is 0 Å². The zero-order valence-electron chi connectivity index (χ0n) is 12.9. The van der Waals surface area contributed by atoms with E-state index in [1.165, 1.54) is 5.56 Å². The Morgan fingerprint density at radius 3 is 2.65 bits per heavy atom. The van der Waals surface area contributed by atoms with Gasteiger partial charge in [-0.05, 0) is 49.9 Å². The third kappa shape index (κ3) is 5.43. The molecule has 0 aliphatic heterocycles. The van der Waals surface area contributed by atoms with Crippen molar-refractivity contribution in [1.29, 1.82) is 0 Å². The van der Waals surface area contributed by atoms with Gasteiger partial charge in [0.2, 0.25) is 0 Å². The van der Waals surface area contributed by atoms with Crippen molar-refractivity contribution in [3.63, 3.8) is 0 Å². The molecule has 0 amide bonds. The molecule has 0 saturated heterocycles. The van der Waals surface area contributed by atoms with Crippen molar-refractivity contribution in [2.24, 2.45) is 5.73 Å². The maximum atomic E-state index is 6.12. The number of halogens is 1. The summed E-state index contributed by atoms with van der Waals surface area (Å²) in [5.41, 5.74) is 8.41. The Morgan fingerprint density at radius 2 is 2.05 bits per heavy atom. The SMILES string of the molecule is CCC(N)Cc1cc(Br)cc(C)c1OC(C)CCOC. The topological polar surface area (TPSA) is 44.5 Å². The number of methoxy groups -OCH3 is 1. The maximum absolute atomic E-state index is 6.12. The van der Waals surface area contributed by atoms with E-state index in [9.17, 15) is 0 Å². The number of rotatable bonds is 8. The molecule has 0 radical (unpaired) electrons. The van der Waals surface area contributed by atoms with Crippen molar-refractivity contribution in [1.82, 2.24) is 0 Å². The van der Waals surface area contributed by atoms with Gasteiger partial charge in [0.25, 0.3) is 0 Å². The summed E-state index contributed by atoms with van der Waals surface area (Å²) in [6.07, 6.45) is 2.81. The Hall–Kier alpha value is -0.580. The van der Waals surface area contributed by atoms with E-state index in [1.807, 2.05) is 0 Å². The van der Waals surface area contributed by atoms with Crippen molar-refractivity contribution in [2.75, 3.05) is 13.7 Å². The molecule has 1 aromatic carbocycles. The normalized spacial score (nSPS) is 14.1. The van der Waals surface area contributed by atoms with Gasteiger partial charge in [0.05, 0.1) is 6.10 Å². The fraction of sp³-hybridized carbons (Fsp3) is 0.625. The lowest BCUT2D eigenvalue weighted by molar-refractivity contribution is 0.134. The zero-order chi connectivity index (χ0) is 15.1. The van der Waals surface area contributed by atoms with Gasteiger partial charge < -0.3 is 15.2 Å². The van der Waals surface area contributed by atoms with Gasteiger partial charge >= 0.3 is 0 Å². The molecule has 2 unspecified atom stereocenters. The highest BCUT2D eigenvalue weighted by atomic mass is 79.9. The van der Waals surface area contributed by atoms with Crippen LogP contribution in [0.5, 0.6) is 5.75 Å². The Morgan fingerprint density at radius 1 is 1.35 bits per heavy atom. The van der Waals surface area contributed by atoms with Gasteiger partial charge in [-0.2, -0.15) is 0 Å². The van der Waals surface area contributed by atoms with E-state index < -0.39 is 0 Å². The van der Waals surface area contributed by atoms with Crippen LogP contribution in [0, 0.1) is 6.92 Å². The lowest BCUT2D eigenvalue weighted by Gasteiger charge is -2.21. The van der Waals surface area contributed by atoms with E-state index in [4.69, 9.17) is 15.2 Å². The molecule has 2 atom stereocenters. The van der Waals surface area contributed by atoms with E-state index in [0.717, 1.165) is 35.0 Å². The van der Waals surface area contributed by atoms with Crippen LogP contribution in [0.4, 0.5) is 0 Å². The second-order valence-electron chi connectivity index (χ2n) is 5.29. The predicted molar refractivity (Wildman–Crippen MR) is 87.4 cm³/mol. The summed E-state index contributed by atoms with van der Waals surface area (Å²) in [6, 6.07) is 4.36. The zero-order valence-corrected chi connectivity index (χ0v) is 14.5. The highest BCUT2D eigenvalue weighted by Crippen LogP contribution is 2.30. The van der Waals surface area contributed by atoms with Gasteiger partial charge in [-0.25, -0.2) is 0 Å². The Balaban J connectivity index is 2.91. The first-order valence-electron chi connectivity index (χ1n) is 7.18. The van der Waals surface area contributed by atoms with Gasteiger partial charge in [0.15, 0.2) is 0 Å². The van der Waals surface area contributed by atoms with E-state index in [0.29, 0.717) is 6.61 Å². The lowest BCUT2D eigenvalue weighted by Crippen LogP contribution is -2.23. The summed E-state index contributed by atoms with van der Waals surface area (Å²) in [4.78, 5) is 0. The summed E-state index contributed by atoms with van der Waals surface area (Å²) < 4.78 is 12.3. The Kier molecular flexibility index (Phi) is 7.56. The average Bonchev–Trinajstić information content (AvgIpc) is 2.40. The first-order valence-corrected chi connectivity index (χ1v) is 7.97. The van der Waals surface area contributed by atoms with Gasteiger partial charge in [-0.3, -0.25) is 0 Å². The molecular weight excluding hydrogens is 318 g/mol. The highest BCUT2D eigenvalue weighted by molar-refractivity contribution is 9.10. The van der Waals surface area contributed by atoms with Crippen LogP contribution in [0.15, 0.2) is 16.6 Å². The summed E-state index contributed by atoms with van der Waals surface area (Å²) in [7, 11) is 1.71. The molecule has 114 valence electrons. The monoisotopic (exact) mass is 343 g/mol. The van der Waals surface area contributed by atoms with Crippen molar-refractivity contribution in [3.05, 3.63) is 27.7 Å². The molecule has 1 aromatic rings. The van der Waals surface area contributed by atoms with Crippen molar-refractivity contribution >= 4 is 15.9 Å². The van der Waals surface area contributed by atoms with Crippen LogP contribution < -0.4 is 10.5 Å². The van der Waals surface area contributed by atoms with Crippen LogP contribution >= 0.6 is 15.9 Å². The molecule has 0 aromatic heterocycles. The molecule has 20 heavy (non-hydrogen) atoms. The first-order chi connectivity index (χ1) is 9.47. The largest absolute Gasteiger partial charge is 0.490 e. The van der Waals surface area contributed by atoms with Crippen LogP contribution in [0.2, 0.25) is 0 Å². The first kappa shape index (κ1) is 17.5. The molecule has 1 rings (SSSR count). The molecular formula is C16H26BrNO2. The summed E-state index contributed by atoms with van der Waals surface area (Å²) >= 11 is 3.55. The fourth-order valence-electron chi connectivity index (χ4n) is 2.09. The van der Waals surface area contributed by atoms with Crippen LogP contribution in [0.25, 0.3) is 0 Å².